The number of nitrogens with zero attached hydrogens (tertiary/aromatic N) is 1. The Morgan fingerprint density at radius 1 is 0.789 bits per heavy atom. The average molecular weight is 271 g/mol. The molecule has 0 saturated heterocycles. The minimum Gasteiger partial charge on any atom is -1.00 e. The maximum absolute atomic E-state index is 4.47. The number of rotatable bonds is 3. The SMILES string of the molecule is C1=C[NH2+]C(C(c2ccccc2)c2ccccc2)=N1.[Cl-]. The smallest absolute Gasteiger partial charge is 0.216 e. The van der Waals surface area contributed by atoms with Crippen LogP contribution in [0.4, 0.5) is 0 Å². The third-order valence-electron chi connectivity index (χ3n) is 3.14. The van der Waals surface area contributed by atoms with E-state index in [0.29, 0.717) is 0 Å². The van der Waals surface area contributed by atoms with Crippen molar-refractivity contribution in [2.45, 2.75) is 5.92 Å². The molecule has 2 N–H and O–H groups in total. The quantitative estimate of drug-likeness (QED) is 0.762. The molecule has 19 heavy (non-hydrogen) atoms. The lowest BCUT2D eigenvalue weighted by Crippen LogP contribution is -3.00. The molecule has 0 bridgehead atoms. The van der Waals surface area contributed by atoms with Gasteiger partial charge in [0.05, 0.1) is 6.20 Å². The minimum atomic E-state index is 0. The number of halogens is 1. The summed E-state index contributed by atoms with van der Waals surface area (Å²) >= 11 is 0. The summed E-state index contributed by atoms with van der Waals surface area (Å²) in [5.41, 5.74) is 2.56. The Labute approximate surface area is 119 Å². The van der Waals surface area contributed by atoms with Crippen molar-refractivity contribution in [1.82, 2.24) is 0 Å². The molecule has 0 saturated carbocycles. The molecule has 1 heterocycles. The van der Waals surface area contributed by atoms with Crippen LogP contribution in [-0.4, -0.2) is 5.84 Å². The standard InChI is InChI=1S/C16H14N2.ClH/c1-3-7-13(8-4-1)15(16-17-11-12-18-16)14-9-5-2-6-10-14;/h1-12,15H,(H,17,18);1H. The van der Waals surface area contributed by atoms with Gasteiger partial charge < -0.3 is 12.4 Å². The van der Waals surface area contributed by atoms with Crippen LogP contribution < -0.4 is 17.7 Å². The first-order valence-corrected chi connectivity index (χ1v) is 6.12. The molecule has 0 atom stereocenters. The van der Waals surface area contributed by atoms with Crippen LogP contribution in [0.2, 0.25) is 0 Å². The zero-order valence-electron chi connectivity index (χ0n) is 10.4. The van der Waals surface area contributed by atoms with E-state index < -0.39 is 0 Å². The summed E-state index contributed by atoms with van der Waals surface area (Å²) in [6.45, 7) is 0. The zero-order chi connectivity index (χ0) is 12.2. The molecule has 0 fully saturated rings. The number of amidine groups is 1. The summed E-state index contributed by atoms with van der Waals surface area (Å²) in [4.78, 5) is 4.47. The van der Waals surface area contributed by atoms with E-state index in [0.717, 1.165) is 5.84 Å². The number of nitrogens with two attached hydrogens (primary N) is 1. The number of quaternary nitrogens is 1. The van der Waals surface area contributed by atoms with Crippen molar-refractivity contribution < 1.29 is 17.7 Å². The summed E-state index contributed by atoms with van der Waals surface area (Å²) in [6, 6.07) is 21.0. The molecule has 96 valence electrons. The van der Waals surface area contributed by atoms with E-state index in [2.05, 4.69) is 58.8 Å². The molecule has 0 aromatic heterocycles. The molecule has 0 aliphatic carbocycles. The van der Waals surface area contributed by atoms with Crippen LogP contribution in [0.3, 0.4) is 0 Å². The van der Waals surface area contributed by atoms with Crippen molar-refractivity contribution in [1.29, 1.82) is 0 Å². The molecular formula is C16H15ClN2. The van der Waals surface area contributed by atoms with Crippen molar-refractivity contribution >= 4 is 5.84 Å². The van der Waals surface area contributed by atoms with Crippen LogP contribution in [0.1, 0.15) is 17.0 Å². The molecule has 0 amide bonds. The number of hydrogen-bond acceptors (Lipinski definition) is 1. The predicted molar refractivity (Wildman–Crippen MR) is 73.2 cm³/mol. The van der Waals surface area contributed by atoms with Gasteiger partial charge in [-0.15, -0.1) is 0 Å². The second-order valence-electron chi connectivity index (χ2n) is 4.32. The van der Waals surface area contributed by atoms with E-state index in [1.165, 1.54) is 11.1 Å². The molecule has 2 nitrogen and oxygen atoms in total. The van der Waals surface area contributed by atoms with E-state index in [9.17, 15) is 0 Å². The molecule has 0 spiro atoms. The number of aliphatic imine (C=N–C) groups is 1. The van der Waals surface area contributed by atoms with Gasteiger partial charge in [0.2, 0.25) is 5.84 Å². The van der Waals surface area contributed by atoms with Gasteiger partial charge in [-0.05, 0) is 11.1 Å². The van der Waals surface area contributed by atoms with Crippen molar-refractivity contribution in [3.8, 4) is 0 Å². The summed E-state index contributed by atoms with van der Waals surface area (Å²) in [5, 5.41) is 2.09. The highest BCUT2D eigenvalue weighted by Crippen LogP contribution is 2.24. The summed E-state index contributed by atoms with van der Waals surface area (Å²) in [5.74, 6) is 1.33. The van der Waals surface area contributed by atoms with Crippen LogP contribution in [0.5, 0.6) is 0 Å². The minimum absolute atomic E-state index is 0. The molecular weight excluding hydrogens is 256 g/mol. The van der Waals surface area contributed by atoms with E-state index in [1.54, 1.807) is 0 Å². The van der Waals surface area contributed by atoms with Gasteiger partial charge in [0.15, 0.2) is 0 Å². The Balaban J connectivity index is 0.00000133. The monoisotopic (exact) mass is 270 g/mol. The largest absolute Gasteiger partial charge is 1.00 e. The van der Waals surface area contributed by atoms with Gasteiger partial charge in [-0.1, -0.05) is 60.7 Å². The summed E-state index contributed by atoms with van der Waals surface area (Å²) < 4.78 is 0. The van der Waals surface area contributed by atoms with E-state index in [4.69, 9.17) is 0 Å². The molecule has 0 radical (unpaired) electrons. The molecule has 0 unspecified atom stereocenters. The first-order valence-electron chi connectivity index (χ1n) is 6.12. The Morgan fingerprint density at radius 3 is 1.74 bits per heavy atom. The molecule has 3 heteroatoms. The average Bonchev–Trinajstić information content (AvgIpc) is 2.95. The lowest BCUT2D eigenvalue weighted by Gasteiger charge is -2.15. The van der Waals surface area contributed by atoms with Gasteiger partial charge in [0, 0.05) is 0 Å². The van der Waals surface area contributed by atoms with Crippen molar-refractivity contribution in [2.75, 3.05) is 0 Å². The maximum atomic E-state index is 4.47. The molecule has 1 aliphatic rings. The van der Waals surface area contributed by atoms with Crippen LogP contribution in [0.25, 0.3) is 0 Å². The lowest BCUT2D eigenvalue weighted by atomic mass is 9.90. The number of benzene rings is 2. The predicted octanol–water partition coefficient (Wildman–Crippen LogP) is -0.731. The third kappa shape index (κ3) is 2.92. The topological polar surface area (TPSA) is 29.0 Å². The molecule has 2 aromatic rings. The van der Waals surface area contributed by atoms with Crippen molar-refractivity contribution in [2.24, 2.45) is 4.99 Å². The molecule has 1 aliphatic heterocycles. The lowest BCUT2D eigenvalue weighted by molar-refractivity contribution is -0.460. The van der Waals surface area contributed by atoms with Gasteiger partial charge >= 0.3 is 0 Å². The Hall–Kier alpha value is -1.90. The molecule has 2 aromatic carbocycles. The van der Waals surface area contributed by atoms with Crippen molar-refractivity contribution in [3.05, 3.63) is 84.2 Å². The van der Waals surface area contributed by atoms with Gasteiger partial charge in [0.1, 0.15) is 12.1 Å². The highest BCUT2D eigenvalue weighted by Gasteiger charge is 2.24. The number of hydrogen-bond donors (Lipinski definition) is 1. The van der Waals surface area contributed by atoms with Crippen LogP contribution in [0, 0.1) is 0 Å². The third-order valence-corrected chi connectivity index (χ3v) is 3.14. The second kappa shape index (κ2) is 6.32. The van der Waals surface area contributed by atoms with E-state index >= 15 is 0 Å². The Kier molecular flexibility index (Phi) is 4.50. The fourth-order valence-corrected chi connectivity index (χ4v) is 2.31. The van der Waals surface area contributed by atoms with E-state index in [-0.39, 0.29) is 18.3 Å². The van der Waals surface area contributed by atoms with Gasteiger partial charge in [-0.3, -0.25) is 5.32 Å². The highest BCUT2D eigenvalue weighted by molar-refractivity contribution is 5.85. The molecule has 3 rings (SSSR count). The first-order chi connectivity index (χ1) is 8.95. The summed E-state index contributed by atoms with van der Waals surface area (Å²) in [7, 11) is 0. The van der Waals surface area contributed by atoms with Gasteiger partial charge in [0.25, 0.3) is 0 Å². The fraction of sp³-hybridized carbons (Fsp3) is 0.0625. The van der Waals surface area contributed by atoms with Crippen LogP contribution in [-0.2, 0) is 0 Å². The fourth-order valence-electron chi connectivity index (χ4n) is 2.31. The van der Waals surface area contributed by atoms with E-state index in [1.807, 2.05) is 24.5 Å². The Bertz CT molecular complexity index is 537. The highest BCUT2D eigenvalue weighted by atomic mass is 35.5. The van der Waals surface area contributed by atoms with Crippen molar-refractivity contribution in [3.63, 3.8) is 0 Å². The first kappa shape index (κ1) is 13.5. The summed E-state index contributed by atoms with van der Waals surface area (Å²) in [6.07, 6.45) is 3.85. The van der Waals surface area contributed by atoms with Gasteiger partial charge in [-0.2, -0.15) is 0 Å². The van der Waals surface area contributed by atoms with Crippen LogP contribution >= 0.6 is 0 Å². The zero-order valence-corrected chi connectivity index (χ0v) is 11.2. The normalized spacial score (nSPS) is 13.2. The maximum Gasteiger partial charge on any atom is 0.216 e. The second-order valence-corrected chi connectivity index (χ2v) is 4.32. The Morgan fingerprint density at radius 2 is 1.32 bits per heavy atom. The van der Waals surface area contributed by atoms with Gasteiger partial charge in [-0.25, -0.2) is 4.99 Å². The van der Waals surface area contributed by atoms with Crippen LogP contribution in [0.15, 0.2) is 78.1 Å².